The maximum Gasteiger partial charge on any atom is 0.283 e. The van der Waals surface area contributed by atoms with Gasteiger partial charge >= 0.3 is 0 Å². The SMILES string of the molecule is CCC1CCCCN1C(=O)c1cccc(NC2=C(Cl)C(=O)N(c3ccc(C)cc3)C2=O)c1. The van der Waals surface area contributed by atoms with Crippen LogP contribution in [0.2, 0.25) is 0 Å². The standard InChI is InChI=1S/C25H26ClN3O3/c1-3-19-9-4-5-14-28(19)23(30)17-7-6-8-18(15-17)27-22-21(26)24(31)29(25(22)32)20-12-10-16(2)11-13-20/h6-8,10-13,15,19,27H,3-5,9,14H2,1-2H3. The Labute approximate surface area is 192 Å². The first-order valence-corrected chi connectivity index (χ1v) is 11.3. The van der Waals surface area contributed by atoms with Crippen LogP contribution in [0.1, 0.15) is 48.5 Å². The van der Waals surface area contributed by atoms with E-state index in [1.165, 1.54) is 0 Å². The first-order valence-electron chi connectivity index (χ1n) is 10.9. The molecule has 0 bridgehead atoms. The van der Waals surface area contributed by atoms with Gasteiger partial charge in [0.25, 0.3) is 17.7 Å². The monoisotopic (exact) mass is 451 g/mol. The van der Waals surface area contributed by atoms with Crippen molar-refractivity contribution in [3.8, 4) is 0 Å². The average Bonchev–Trinajstić information content (AvgIpc) is 3.02. The summed E-state index contributed by atoms with van der Waals surface area (Å²) in [6, 6.07) is 14.3. The van der Waals surface area contributed by atoms with Crippen LogP contribution in [0.3, 0.4) is 0 Å². The van der Waals surface area contributed by atoms with Crippen LogP contribution in [0.5, 0.6) is 0 Å². The summed E-state index contributed by atoms with van der Waals surface area (Å²) in [5, 5.41) is 2.80. The van der Waals surface area contributed by atoms with Crippen molar-refractivity contribution in [2.45, 2.75) is 45.6 Å². The van der Waals surface area contributed by atoms with Crippen LogP contribution in [-0.2, 0) is 9.59 Å². The predicted octanol–water partition coefficient (Wildman–Crippen LogP) is 4.84. The number of rotatable bonds is 5. The molecule has 6 nitrogen and oxygen atoms in total. The summed E-state index contributed by atoms with van der Waals surface area (Å²) in [6.07, 6.45) is 4.10. The number of halogens is 1. The number of amides is 3. The van der Waals surface area contributed by atoms with Crippen LogP contribution in [0.4, 0.5) is 11.4 Å². The second-order valence-corrected chi connectivity index (χ2v) is 8.61. The quantitative estimate of drug-likeness (QED) is 0.660. The van der Waals surface area contributed by atoms with Gasteiger partial charge in [0.15, 0.2) is 0 Å². The Balaban J connectivity index is 1.55. The Bertz CT molecular complexity index is 1090. The molecule has 0 aliphatic carbocycles. The Morgan fingerprint density at radius 2 is 1.84 bits per heavy atom. The van der Waals surface area contributed by atoms with E-state index in [2.05, 4.69) is 12.2 Å². The minimum absolute atomic E-state index is 0.00579. The summed E-state index contributed by atoms with van der Waals surface area (Å²) in [5.74, 6) is -1.12. The molecule has 7 heteroatoms. The molecule has 1 saturated heterocycles. The Hall–Kier alpha value is -3.12. The fourth-order valence-electron chi connectivity index (χ4n) is 4.27. The lowest BCUT2D eigenvalue weighted by Gasteiger charge is -2.35. The lowest BCUT2D eigenvalue weighted by Crippen LogP contribution is -2.43. The molecule has 0 saturated carbocycles. The molecule has 1 fully saturated rings. The van der Waals surface area contributed by atoms with Gasteiger partial charge in [-0.2, -0.15) is 0 Å². The molecule has 0 aromatic heterocycles. The van der Waals surface area contributed by atoms with Crippen molar-refractivity contribution in [1.29, 1.82) is 0 Å². The minimum Gasteiger partial charge on any atom is -0.350 e. The number of hydrogen-bond donors (Lipinski definition) is 1. The lowest BCUT2D eigenvalue weighted by molar-refractivity contribution is -0.120. The van der Waals surface area contributed by atoms with Gasteiger partial charge in [-0.3, -0.25) is 14.4 Å². The van der Waals surface area contributed by atoms with E-state index in [1.807, 2.05) is 24.0 Å². The van der Waals surface area contributed by atoms with Crippen LogP contribution in [0.15, 0.2) is 59.3 Å². The summed E-state index contributed by atoms with van der Waals surface area (Å²) in [5.41, 5.74) is 2.55. The van der Waals surface area contributed by atoms with E-state index < -0.39 is 11.8 Å². The lowest BCUT2D eigenvalue weighted by atomic mass is 9.99. The summed E-state index contributed by atoms with van der Waals surface area (Å²) < 4.78 is 0. The molecule has 2 aromatic carbocycles. The van der Waals surface area contributed by atoms with Gasteiger partial charge in [0.05, 0.1) is 5.69 Å². The number of carbonyl (C=O) groups is 3. The number of anilines is 2. The first kappa shape index (κ1) is 22.1. The van der Waals surface area contributed by atoms with Crippen molar-refractivity contribution in [3.05, 3.63) is 70.4 Å². The summed E-state index contributed by atoms with van der Waals surface area (Å²) in [4.78, 5) is 41.8. The maximum absolute atomic E-state index is 13.1. The fourth-order valence-corrected chi connectivity index (χ4v) is 4.48. The van der Waals surface area contributed by atoms with Crippen molar-refractivity contribution >= 4 is 40.7 Å². The summed E-state index contributed by atoms with van der Waals surface area (Å²) >= 11 is 6.24. The number of nitrogens with one attached hydrogen (secondary N) is 1. The number of hydrogen-bond acceptors (Lipinski definition) is 4. The topological polar surface area (TPSA) is 69.7 Å². The molecule has 4 rings (SSSR count). The van der Waals surface area contributed by atoms with Gasteiger partial charge in [-0.1, -0.05) is 42.3 Å². The van der Waals surface area contributed by atoms with Gasteiger partial charge < -0.3 is 10.2 Å². The van der Waals surface area contributed by atoms with Crippen molar-refractivity contribution in [3.63, 3.8) is 0 Å². The zero-order valence-corrected chi connectivity index (χ0v) is 19.0. The minimum atomic E-state index is -0.575. The third-order valence-corrected chi connectivity index (χ3v) is 6.41. The molecule has 2 aliphatic rings. The van der Waals surface area contributed by atoms with Crippen LogP contribution in [-0.4, -0.2) is 35.2 Å². The molecule has 1 unspecified atom stereocenters. The van der Waals surface area contributed by atoms with E-state index in [-0.39, 0.29) is 22.7 Å². The van der Waals surface area contributed by atoms with Gasteiger partial charge in [-0.15, -0.1) is 0 Å². The maximum atomic E-state index is 13.1. The number of benzene rings is 2. The van der Waals surface area contributed by atoms with Gasteiger partial charge in [0.1, 0.15) is 10.7 Å². The number of imide groups is 1. The highest BCUT2D eigenvalue weighted by Crippen LogP contribution is 2.31. The van der Waals surface area contributed by atoms with E-state index >= 15 is 0 Å². The van der Waals surface area contributed by atoms with E-state index in [1.54, 1.807) is 36.4 Å². The zero-order chi connectivity index (χ0) is 22.8. The van der Waals surface area contributed by atoms with Crippen LogP contribution in [0.25, 0.3) is 0 Å². The molecule has 0 spiro atoms. The van der Waals surface area contributed by atoms with Crippen LogP contribution in [0, 0.1) is 6.92 Å². The van der Waals surface area contributed by atoms with Crippen molar-refractivity contribution in [1.82, 2.24) is 4.90 Å². The third-order valence-electron chi connectivity index (χ3n) is 6.06. The van der Waals surface area contributed by atoms with Gasteiger partial charge in [-0.05, 0) is 62.9 Å². The Morgan fingerprint density at radius 1 is 1.09 bits per heavy atom. The van der Waals surface area contributed by atoms with Crippen molar-refractivity contribution in [2.75, 3.05) is 16.8 Å². The number of piperidine rings is 1. The molecule has 1 atom stereocenters. The highest BCUT2D eigenvalue weighted by Gasteiger charge is 2.39. The zero-order valence-electron chi connectivity index (χ0n) is 18.2. The van der Waals surface area contributed by atoms with Crippen LogP contribution < -0.4 is 10.2 Å². The number of nitrogens with zero attached hydrogens (tertiary/aromatic N) is 2. The first-order chi connectivity index (χ1) is 15.4. The predicted molar refractivity (Wildman–Crippen MR) is 126 cm³/mol. The molecule has 32 heavy (non-hydrogen) atoms. The van der Waals surface area contributed by atoms with E-state index in [0.717, 1.165) is 42.7 Å². The Morgan fingerprint density at radius 3 is 2.56 bits per heavy atom. The molecule has 2 aromatic rings. The number of likely N-dealkylation sites (tertiary alicyclic amines) is 1. The average molecular weight is 452 g/mol. The normalized spacial score (nSPS) is 19.0. The molecule has 3 amide bonds. The number of carbonyl (C=O) groups excluding carboxylic acids is 3. The van der Waals surface area contributed by atoms with E-state index in [4.69, 9.17) is 11.6 Å². The highest BCUT2D eigenvalue weighted by molar-refractivity contribution is 6.53. The smallest absolute Gasteiger partial charge is 0.283 e. The summed E-state index contributed by atoms with van der Waals surface area (Å²) in [6.45, 7) is 4.78. The largest absolute Gasteiger partial charge is 0.350 e. The van der Waals surface area contributed by atoms with Gasteiger partial charge in [0.2, 0.25) is 0 Å². The fraction of sp³-hybridized carbons (Fsp3) is 0.320. The Kier molecular flexibility index (Phi) is 6.33. The number of aryl methyl sites for hydroxylation is 1. The van der Waals surface area contributed by atoms with Crippen molar-refractivity contribution < 1.29 is 14.4 Å². The van der Waals surface area contributed by atoms with E-state index in [0.29, 0.717) is 16.9 Å². The molecule has 0 radical (unpaired) electrons. The molecular weight excluding hydrogens is 426 g/mol. The van der Waals surface area contributed by atoms with Crippen LogP contribution >= 0.6 is 11.6 Å². The second kappa shape index (κ2) is 9.17. The third kappa shape index (κ3) is 4.15. The summed E-state index contributed by atoms with van der Waals surface area (Å²) in [7, 11) is 0. The molecule has 166 valence electrons. The van der Waals surface area contributed by atoms with Gasteiger partial charge in [-0.25, -0.2) is 4.90 Å². The molecule has 2 aliphatic heterocycles. The van der Waals surface area contributed by atoms with E-state index in [9.17, 15) is 14.4 Å². The second-order valence-electron chi connectivity index (χ2n) is 8.23. The van der Waals surface area contributed by atoms with Crippen molar-refractivity contribution in [2.24, 2.45) is 0 Å². The molecular formula is C25H26ClN3O3. The molecule has 1 N–H and O–H groups in total. The highest BCUT2D eigenvalue weighted by atomic mass is 35.5. The van der Waals surface area contributed by atoms with Gasteiger partial charge in [0, 0.05) is 23.8 Å². The molecule has 2 heterocycles.